The number of carbonyl (C=O) groups excluding carboxylic acids is 1. The van der Waals surface area contributed by atoms with Gasteiger partial charge in [0.1, 0.15) is 5.56 Å². The third-order valence-corrected chi connectivity index (χ3v) is 4.07. The molecular formula is C19H18F3N5O3. The minimum absolute atomic E-state index is 0.0563. The van der Waals surface area contributed by atoms with E-state index >= 15 is 0 Å². The van der Waals surface area contributed by atoms with Crippen LogP contribution in [0.5, 0.6) is 5.88 Å². The molecule has 0 bridgehead atoms. The van der Waals surface area contributed by atoms with E-state index in [0.717, 1.165) is 17.6 Å². The molecule has 3 aromatic rings. The van der Waals surface area contributed by atoms with Gasteiger partial charge in [0.25, 0.3) is 0 Å². The molecule has 158 valence electrons. The number of aryl methyl sites for hydroxylation is 2. The van der Waals surface area contributed by atoms with Crippen molar-refractivity contribution < 1.29 is 27.4 Å². The highest BCUT2D eigenvalue weighted by Gasteiger charge is 2.41. The molecule has 0 aromatic carbocycles. The first-order valence-electron chi connectivity index (χ1n) is 8.92. The van der Waals surface area contributed by atoms with Crippen LogP contribution in [0.25, 0.3) is 5.82 Å². The Morgan fingerprint density at radius 1 is 1.17 bits per heavy atom. The zero-order chi connectivity index (χ0) is 21.7. The number of halogens is 3. The van der Waals surface area contributed by atoms with Crippen LogP contribution in [0, 0.1) is 6.92 Å². The second-order valence-electron chi connectivity index (χ2n) is 6.26. The van der Waals surface area contributed by atoms with Gasteiger partial charge in [0.2, 0.25) is 5.88 Å². The minimum Gasteiger partial charge on any atom is -0.480 e. The van der Waals surface area contributed by atoms with Crippen molar-refractivity contribution >= 4 is 5.97 Å². The van der Waals surface area contributed by atoms with Crippen LogP contribution in [-0.4, -0.2) is 44.6 Å². The lowest BCUT2D eigenvalue weighted by Crippen LogP contribution is -2.19. The number of carbonyl (C=O) groups is 1. The molecule has 3 aromatic heterocycles. The number of pyridine rings is 1. The first-order chi connectivity index (χ1) is 14.3. The summed E-state index contributed by atoms with van der Waals surface area (Å²) >= 11 is 0. The predicted octanol–water partition coefficient (Wildman–Crippen LogP) is 3.18. The van der Waals surface area contributed by atoms with E-state index in [1.165, 1.54) is 19.2 Å². The number of ether oxygens (including phenoxy) is 2. The van der Waals surface area contributed by atoms with Crippen LogP contribution in [0.2, 0.25) is 0 Å². The molecule has 0 fully saturated rings. The van der Waals surface area contributed by atoms with Gasteiger partial charge in [-0.15, -0.1) is 10.2 Å². The van der Waals surface area contributed by atoms with Gasteiger partial charge in [0.05, 0.1) is 19.9 Å². The topological polar surface area (TPSA) is 92.0 Å². The number of hydrogen-bond acceptors (Lipinski definition) is 7. The van der Waals surface area contributed by atoms with E-state index in [9.17, 15) is 18.0 Å². The molecule has 0 saturated carbocycles. The Morgan fingerprint density at radius 3 is 2.60 bits per heavy atom. The number of aromatic nitrogens is 5. The largest absolute Gasteiger partial charge is 0.480 e. The molecule has 0 atom stereocenters. The second-order valence-corrected chi connectivity index (χ2v) is 6.26. The Labute approximate surface area is 169 Å². The van der Waals surface area contributed by atoms with Crippen molar-refractivity contribution in [1.82, 2.24) is 25.0 Å². The van der Waals surface area contributed by atoms with E-state index in [4.69, 9.17) is 9.47 Å². The van der Waals surface area contributed by atoms with Gasteiger partial charge in [-0.3, -0.25) is 4.98 Å². The van der Waals surface area contributed by atoms with Crippen LogP contribution < -0.4 is 4.74 Å². The van der Waals surface area contributed by atoms with E-state index in [-0.39, 0.29) is 18.3 Å². The van der Waals surface area contributed by atoms with Gasteiger partial charge >= 0.3 is 12.1 Å². The van der Waals surface area contributed by atoms with Gasteiger partial charge in [-0.25, -0.2) is 9.48 Å². The quantitative estimate of drug-likeness (QED) is 0.427. The maximum Gasteiger partial charge on any atom is 0.434 e. The number of esters is 1. The Kier molecular flexibility index (Phi) is 6.28. The summed E-state index contributed by atoms with van der Waals surface area (Å²) in [6.07, 6.45) is -3.11. The molecule has 0 aliphatic carbocycles. The molecule has 0 aliphatic rings. The van der Waals surface area contributed by atoms with E-state index < -0.39 is 23.4 Å². The van der Waals surface area contributed by atoms with E-state index in [1.807, 2.05) is 25.1 Å². The van der Waals surface area contributed by atoms with Crippen LogP contribution in [0.3, 0.4) is 0 Å². The van der Waals surface area contributed by atoms with Crippen LogP contribution in [-0.2, 0) is 17.3 Å². The average molecular weight is 421 g/mol. The highest BCUT2D eigenvalue weighted by molar-refractivity contribution is 5.90. The molecule has 0 aliphatic heterocycles. The Hall–Kier alpha value is -3.50. The van der Waals surface area contributed by atoms with Crippen LogP contribution >= 0.6 is 0 Å². The molecule has 0 radical (unpaired) electrons. The maximum atomic E-state index is 13.6. The first-order valence-corrected chi connectivity index (χ1v) is 8.92. The molecule has 0 N–H and O–H groups in total. The SMILES string of the molecule is COc1ccc(-n2ncc(C(=O)OCCCc3cccc(C)n3)c2C(F)(F)F)nn1. The number of alkyl halides is 3. The Bertz CT molecular complexity index is 1020. The maximum absolute atomic E-state index is 13.6. The predicted molar refractivity (Wildman–Crippen MR) is 98.3 cm³/mol. The summed E-state index contributed by atoms with van der Waals surface area (Å²) in [5, 5.41) is 10.9. The molecular weight excluding hydrogens is 403 g/mol. The smallest absolute Gasteiger partial charge is 0.434 e. The molecule has 11 heteroatoms. The van der Waals surface area contributed by atoms with Crippen LogP contribution in [0.4, 0.5) is 13.2 Å². The van der Waals surface area contributed by atoms with Crippen LogP contribution in [0.1, 0.15) is 33.9 Å². The molecule has 30 heavy (non-hydrogen) atoms. The molecule has 0 saturated heterocycles. The lowest BCUT2D eigenvalue weighted by atomic mass is 10.2. The summed E-state index contributed by atoms with van der Waals surface area (Å²) in [6.45, 7) is 1.80. The van der Waals surface area contributed by atoms with Gasteiger partial charge < -0.3 is 9.47 Å². The summed E-state index contributed by atoms with van der Waals surface area (Å²) in [5.74, 6) is -1.21. The van der Waals surface area contributed by atoms with Crippen molar-refractivity contribution in [2.75, 3.05) is 13.7 Å². The summed E-state index contributed by atoms with van der Waals surface area (Å²) in [7, 11) is 1.35. The van der Waals surface area contributed by atoms with Gasteiger partial charge in [0.15, 0.2) is 11.5 Å². The molecule has 3 heterocycles. The lowest BCUT2D eigenvalue weighted by molar-refractivity contribution is -0.143. The van der Waals surface area contributed by atoms with E-state index in [2.05, 4.69) is 20.3 Å². The number of rotatable bonds is 7. The fraction of sp³-hybridized carbons (Fsp3) is 0.316. The van der Waals surface area contributed by atoms with Crippen molar-refractivity contribution in [2.24, 2.45) is 0 Å². The monoisotopic (exact) mass is 421 g/mol. The van der Waals surface area contributed by atoms with Crippen molar-refractivity contribution in [3.63, 3.8) is 0 Å². The summed E-state index contributed by atoms with van der Waals surface area (Å²) in [4.78, 5) is 16.6. The Morgan fingerprint density at radius 2 is 1.97 bits per heavy atom. The second kappa shape index (κ2) is 8.89. The number of nitrogens with zero attached hydrogens (tertiary/aromatic N) is 5. The van der Waals surface area contributed by atoms with Gasteiger partial charge in [-0.2, -0.15) is 18.3 Å². The summed E-state index contributed by atoms with van der Waals surface area (Å²) in [6, 6.07) is 8.12. The highest BCUT2D eigenvalue weighted by atomic mass is 19.4. The zero-order valence-electron chi connectivity index (χ0n) is 16.2. The fourth-order valence-electron chi connectivity index (χ4n) is 2.71. The normalized spacial score (nSPS) is 11.4. The van der Waals surface area contributed by atoms with Gasteiger partial charge in [-0.1, -0.05) is 6.07 Å². The zero-order valence-corrected chi connectivity index (χ0v) is 16.2. The van der Waals surface area contributed by atoms with Gasteiger partial charge in [0, 0.05) is 17.5 Å². The van der Waals surface area contributed by atoms with E-state index in [0.29, 0.717) is 17.5 Å². The van der Waals surface area contributed by atoms with Crippen molar-refractivity contribution in [2.45, 2.75) is 25.9 Å². The lowest BCUT2D eigenvalue weighted by Gasteiger charge is -2.12. The first kappa shape index (κ1) is 21.2. The molecule has 0 amide bonds. The van der Waals surface area contributed by atoms with E-state index in [1.54, 1.807) is 0 Å². The third kappa shape index (κ3) is 4.91. The Balaban J connectivity index is 1.72. The number of methoxy groups -OCH3 is 1. The van der Waals surface area contributed by atoms with Crippen LogP contribution in [0.15, 0.2) is 36.5 Å². The molecule has 3 rings (SSSR count). The summed E-state index contributed by atoms with van der Waals surface area (Å²) in [5.41, 5.74) is -0.317. The fourth-order valence-corrected chi connectivity index (χ4v) is 2.71. The average Bonchev–Trinajstić information content (AvgIpc) is 3.17. The highest BCUT2D eigenvalue weighted by Crippen LogP contribution is 2.33. The third-order valence-electron chi connectivity index (χ3n) is 4.07. The van der Waals surface area contributed by atoms with Crippen molar-refractivity contribution in [3.8, 4) is 11.7 Å². The van der Waals surface area contributed by atoms with Gasteiger partial charge in [-0.05, 0) is 38.0 Å². The molecule has 0 unspecified atom stereocenters. The molecule has 0 spiro atoms. The van der Waals surface area contributed by atoms with Crippen molar-refractivity contribution in [1.29, 1.82) is 0 Å². The standard InChI is InChI=1S/C19H18F3N5O3/c1-12-5-3-6-13(24-12)7-4-10-30-18(28)14-11-23-27(17(14)19(20,21)22)15-8-9-16(29-2)26-25-15/h3,5-6,8-9,11H,4,7,10H2,1-2H3. The molecule has 8 nitrogen and oxygen atoms in total. The van der Waals surface area contributed by atoms with Crippen molar-refractivity contribution in [3.05, 3.63) is 59.2 Å². The summed E-state index contributed by atoms with van der Waals surface area (Å²) < 4.78 is 51.3. The number of hydrogen-bond donors (Lipinski definition) is 0. The minimum atomic E-state index is -4.86.